The molecular formula is C7H12ClN5O. The van der Waals surface area contributed by atoms with Gasteiger partial charge in [-0.2, -0.15) is 0 Å². The molecule has 2 rings (SSSR count). The summed E-state index contributed by atoms with van der Waals surface area (Å²) in [6, 6.07) is 0. The van der Waals surface area contributed by atoms with Crippen LogP contribution in [0.1, 0.15) is 16.4 Å². The second-order valence-corrected chi connectivity index (χ2v) is 3.02. The zero-order valence-corrected chi connectivity index (χ0v) is 8.62. The van der Waals surface area contributed by atoms with Crippen molar-refractivity contribution >= 4 is 18.3 Å². The van der Waals surface area contributed by atoms with Crippen LogP contribution in [0.2, 0.25) is 0 Å². The van der Waals surface area contributed by atoms with Crippen molar-refractivity contribution in [3.63, 3.8) is 0 Å². The van der Waals surface area contributed by atoms with Gasteiger partial charge in [0, 0.05) is 20.1 Å². The lowest BCUT2D eigenvalue weighted by atomic mass is 10.3. The van der Waals surface area contributed by atoms with E-state index in [2.05, 4.69) is 10.2 Å². The Bertz CT molecular complexity index is 350. The SMILES string of the molecule is CN1CCn2c(CN)nnc2C1=O.Cl. The van der Waals surface area contributed by atoms with E-state index in [0.717, 1.165) is 6.54 Å². The Morgan fingerprint density at radius 1 is 1.43 bits per heavy atom. The lowest BCUT2D eigenvalue weighted by Crippen LogP contribution is -2.38. The molecule has 0 bridgehead atoms. The number of halogens is 1. The van der Waals surface area contributed by atoms with Crippen LogP contribution < -0.4 is 5.73 Å². The number of hydrogen-bond acceptors (Lipinski definition) is 4. The number of amides is 1. The Kier molecular flexibility index (Phi) is 3.07. The van der Waals surface area contributed by atoms with Gasteiger partial charge in [-0.05, 0) is 0 Å². The average molecular weight is 218 g/mol. The number of nitrogens with two attached hydrogens (primary N) is 1. The van der Waals surface area contributed by atoms with Crippen LogP contribution in [0, 0.1) is 0 Å². The van der Waals surface area contributed by atoms with Gasteiger partial charge in [0.15, 0.2) is 0 Å². The van der Waals surface area contributed by atoms with Crippen molar-refractivity contribution in [3.05, 3.63) is 11.6 Å². The predicted octanol–water partition coefficient (Wildman–Crippen LogP) is -0.756. The molecule has 7 heteroatoms. The van der Waals surface area contributed by atoms with Gasteiger partial charge in [0.2, 0.25) is 5.82 Å². The molecule has 1 aliphatic rings. The molecule has 0 aromatic carbocycles. The van der Waals surface area contributed by atoms with Crippen molar-refractivity contribution in [2.45, 2.75) is 13.1 Å². The highest BCUT2D eigenvalue weighted by molar-refractivity contribution is 5.91. The fourth-order valence-corrected chi connectivity index (χ4v) is 1.40. The molecule has 0 atom stereocenters. The van der Waals surface area contributed by atoms with Gasteiger partial charge in [-0.1, -0.05) is 0 Å². The summed E-state index contributed by atoms with van der Waals surface area (Å²) in [5.74, 6) is 0.990. The summed E-state index contributed by atoms with van der Waals surface area (Å²) in [6.45, 7) is 1.75. The van der Waals surface area contributed by atoms with Gasteiger partial charge >= 0.3 is 0 Å². The molecule has 2 N–H and O–H groups in total. The Hall–Kier alpha value is -1.14. The van der Waals surface area contributed by atoms with Crippen LogP contribution in [0.15, 0.2) is 0 Å². The number of carbonyl (C=O) groups is 1. The predicted molar refractivity (Wildman–Crippen MR) is 52.1 cm³/mol. The highest BCUT2D eigenvalue weighted by atomic mass is 35.5. The molecule has 0 saturated carbocycles. The average Bonchev–Trinajstić information content (AvgIpc) is 2.55. The smallest absolute Gasteiger partial charge is 0.291 e. The first-order chi connectivity index (χ1) is 6.24. The van der Waals surface area contributed by atoms with Crippen LogP contribution in [0.3, 0.4) is 0 Å². The summed E-state index contributed by atoms with van der Waals surface area (Å²) in [5.41, 5.74) is 5.45. The van der Waals surface area contributed by atoms with Crippen LogP contribution >= 0.6 is 12.4 Å². The molecule has 0 aliphatic carbocycles. The Labute approximate surface area is 87.5 Å². The fraction of sp³-hybridized carbons (Fsp3) is 0.571. The maximum absolute atomic E-state index is 11.5. The van der Waals surface area contributed by atoms with Crippen molar-refractivity contribution in [2.24, 2.45) is 5.73 Å². The topological polar surface area (TPSA) is 77.0 Å². The zero-order valence-electron chi connectivity index (χ0n) is 7.80. The van der Waals surface area contributed by atoms with Crippen molar-refractivity contribution in [3.8, 4) is 0 Å². The largest absolute Gasteiger partial charge is 0.337 e. The molecule has 0 radical (unpaired) electrons. The molecule has 2 heterocycles. The number of aromatic nitrogens is 3. The molecule has 1 aliphatic heterocycles. The zero-order chi connectivity index (χ0) is 9.42. The summed E-state index contributed by atoms with van der Waals surface area (Å²) < 4.78 is 1.78. The first-order valence-corrected chi connectivity index (χ1v) is 4.11. The summed E-state index contributed by atoms with van der Waals surface area (Å²) in [6.07, 6.45) is 0. The third-order valence-electron chi connectivity index (χ3n) is 2.21. The first kappa shape index (κ1) is 10.9. The van der Waals surface area contributed by atoms with Gasteiger partial charge in [-0.25, -0.2) is 0 Å². The number of likely N-dealkylation sites (N-methyl/N-ethyl adjacent to an activating group) is 1. The molecule has 1 aromatic rings. The van der Waals surface area contributed by atoms with Crippen LogP contribution in [0.25, 0.3) is 0 Å². The molecular weight excluding hydrogens is 206 g/mol. The number of rotatable bonds is 1. The van der Waals surface area contributed by atoms with E-state index < -0.39 is 0 Å². The van der Waals surface area contributed by atoms with E-state index in [1.807, 2.05) is 0 Å². The van der Waals surface area contributed by atoms with Crippen LogP contribution in [-0.2, 0) is 13.1 Å². The summed E-state index contributed by atoms with van der Waals surface area (Å²) in [5, 5.41) is 7.64. The number of fused-ring (bicyclic) bond motifs is 1. The molecule has 78 valence electrons. The first-order valence-electron chi connectivity index (χ1n) is 4.11. The molecule has 0 saturated heterocycles. The van der Waals surface area contributed by atoms with Crippen LogP contribution in [0.5, 0.6) is 0 Å². The third-order valence-corrected chi connectivity index (χ3v) is 2.21. The minimum atomic E-state index is -0.0848. The monoisotopic (exact) mass is 217 g/mol. The van der Waals surface area contributed by atoms with Gasteiger partial charge in [-0.3, -0.25) is 4.79 Å². The molecule has 1 aromatic heterocycles. The normalized spacial score (nSPS) is 15.0. The van der Waals surface area contributed by atoms with E-state index in [4.69, 9.17) is 5.73 Å². The second kappa shape index (κ2) is 3.93. The van der Waals surface area contributed by atoms with Crippen molar-refractivity contribution < 1.29 is 4.79 Å². The van der Waals surface area contributed by atoms with Crippen molar-refractivity contribution in [1.82, 2.24) is 19.7 Å². The van der Waals surface area contributed by atoms with Gasteiger partial charge in [-0.15, -0.1) is 22.6 Å². The van der Waals surface area contributed by atoms with E-state index in [-0.39, 0.29) is 18.3 Å². The van der Waals surface area contributed by atoms with E-state index in [1.54, 1.807) is 16.5 Å². The summed E-state index contributed by atoms with van der Waals surface area (Å²) in [4.78, 5) is 13.1. The quantitative estimate of drug-likeness (QED) is 0.671. The van der Waals surface area contributed by atoms with E-state index in [0.29, 0.717) is 24.7 Å². The van der Waals surface area contributed by atoms with E-state index in [1.165, 1.54) is 0 Å². The molecule has 0 spiro atoms. The van der Waals surface area contributed by atoms with E-state index >= 15 is 0 Å². The Balaban J connectivity index is 0.000000980. The molecule has 6 nitrogen and oxygen atoms in total. The van der Waals surface area contributed by atoms with E-state index in [9.17, 15) is 4.79 Å². The van der Waals surface area contributed by atoms with Gasteiger partial charge in [0.25, 0.3) is 5.91 Å². The second-order valence-electron chi connectivity index (χ2n) is 3.02. The standard InChI is InChI=1S/C7H11N5O.ClH/c1-11-2-3-12-5(4-8)9-10-6(12)7(11)13;/h2-4,8H2,1H3;1H. The highest BCUT2D eigenvalue weighted by Gasteiger charge is 2.25. The third kappa shape index (κ3) is 1.46. The van der Waals surface area contributed by atoms with Gasteiger partial charge in [0.1, 0.15) is 5.82 Å². The maximum atomic E-state index is 11.5. The minimum absolute atomic E-state index is 0. The lowest BCUT2D eigenvalue weighted by molar-refractivity contribution is 0.0740. The lowest BCUT2D eigenvalue weighted by Gasteiger charge is -2.23. The molecule has 1 amide bonds. The fourth-order valence-electron chi connectivity index (χ4n) is 1.40. The highest BCUT2D eigenvalue weighted by Crippen LogP contribution is 2.09. The maximum Gasteiger partial charge on any atom is 0.291 e. The Morgan fingerprint density at radius 2 is 2.14 bits per heavy atom. The van der Waals surface area contributed by atoms with Crippen LogP contribution in [0.4, 0.5) is 0 Å². The molecule has 14 heavy (non-hydrogen) atoms. The summed E-state index contributed by atoms with van der Waals surface area (Å²) in [7, 11) is 1.75. The number of hydrogen-bond donors (Lipinski definition) is 1. The van der Waals surface area contributed by atoms with Crippen molar-refractivity contribution in [2.75, 3.05) is 13.6 Å². The van der Waals surface area contributed by atoms with Crippen molar-refractivity contribution in [1.29, 1.82) is 0 Å². The number of carbonyl (C=O) groups excluding carboxylic acids is 1. The minimum Gasteiger partial charge on any atom is -0.337 e. The Morgan fingerprint density at radius 3 is 2.79 bits per heavy atom. The summed E-state index contributed by atoms with van der Waals surface area (Å²) >= 11 is 0. The van der Waals surface area contributed by atoms with Gasteiger partial charge < -0.3 is 15.2 Å². The molecule has 0 fully saturated rings. The van der Waals surface area contributed by atoms with Crippen LogP contribution in [-0.4, -0.2) is 39.2 Å². The number of nitrogens with zero attached hydrogens (tertiary/aromatic N) is 4. The molecule has 0 unspecified atom stereocenters. The van der Waals surface area contributed by atoms with Gasteiger partial charge in [0.05, 0.1) is 6.54 Å².